The molecule has 4 heterocycles. The molecule has 1 aliphatic heterocycles. The van der Waals surface area contributed by atoms with Gasteiger partial charge in [-0.3, -0.25) is 9.50 Å². The van der Waals surface area contributed by atoms with E-state index in [4.69, 9.17) is 9.72 Å². The molecule has 8 nitrogen and oxygen atoms in total. The van der Waals surface area contributed by atoms with Gasteiger partial charge in [0.05, 0.1) is 31.1 Å². The Labute approximate surface area is 184 Å². The number of aromatic nitrogens is 5. The van der Waals surface area contributed by atoms with Crippen molar-refractivity contribution in [2.24, 2.45) is 0 Å². The summed E-state index contributed by atoms with van der Waals surface area (Å²) in [5, 5.41) is 12.1. The minimum absolute atomic E-state index is 0.716. The van der Waals surface area contributed by atoms with Crippen LogP contribution in [0.25, 0.3) is 27.8 Å². The van der Waals surface area contributed by atoms with Crippen molar-refractivity contribution in [2.75, 3.05) is 36.5 Å². The number of morpholine rings is 1. The van der Waals surface area contributed by atoms with E-state index in [1.165, 1.54) is 0 Å². The first kappa shape index (κ1) is 18.8. The average Bonchev–Trinajstić information content (AvgIpc) is 3.40. The summed E-state index contributed by atoms with van der Waals surface area (Å²) in [7, 11) is 0. The van der Waals surface area contributed by atoms with Crippen LogP contribution in [0.4, 0.5) is 17.3 Å². The second kappa shape index (κ2) is 7.65. The summed E-state index contributed by atoms with van der Waals surface area (Å²) in [5.74, 6) is 1.82. The number of nitrogens with one attached hydrogen (secondary N) is 2. The summed E-state index contributed by atoms with van der Waals surface area (Å²) in [6.45, 7) is 5.13. The first-order valence-corrected chi connectivity index (χ1v) is 10.7. The van der Waals surface area contributed by atoms with Gasteiger partial charge >= 0.3 is 0 Å². The Morgan fingerprint density at radius 1 is 1.06 bits per heavy atom. The number of anilines is 3. The van der Waals surface area contributed by atoms with Crippen molar-refractivity contribution in [2.45, 2.75) is 6.92 Å². The third-order valence-corrected chi connectivity index (χ3v) is 5.88. The van der Waals surface area contributed by atoms with Crippen molar-refractivity contribution < 1.29 is 4.74 Å². The normalized spacial score (nSPS) is 14.3. The van der Waals surface area contributed by atoms with Gasteiger partial charge in [-0.05, 0) is 31.2 Å². The van der Waals surface area contributed by atoms with E-state index in [1.54, 1.807) is 0 Å². The van der Waals surface area contributed by atoms with Crippen LogP contribution in [-0.4, -0.2) is 50.9 Å². The number of benzene rings is 2. The van der Waals surface area contributed by atoms with Crippen LogP contribution in [0.3, 0.4) is 0 Å². The van der Waals surface area contributed by atoms with Crippen molar-refractivity contribution in [1.82, 2.24) is 24.6 Å². The lowest BCUT2D eigenvalue weighted by Crippen LogP contribution is -2.36. The Hall–Kier alpha value is -3.91. The molecule has 0 atom stereocenters. The largest absolute Gasteiger partial charge is 0.378 e. The maximum Gasteiger partial charge on any atom is 0.157 e. The molecule has 0 amide bonds. The molecule has 8 heteroatoms. The number of imidazole rings is 1. The van der Waals surface area contributed by atoms with Crippen molar-refractivity contribution in [3.8, 4) is 11.3 Å². The van der Waals surface area contributed by atoms with Crippen molar-refractivity contribution >= 4 is 33.9 Å². The average molecular weight is 425 g/mol. The van der Waals surface area contributed by atoms with Crippen LogP contribution in [0.15, 0.2) is 60.9 Å². The molecule has 5 aromatic rings. The summed E-state index contributed by atoms with van der Waals surface area (Å²) in [6.07, 6.45) is 3.90. The maximum absolute atomic E-state index is 5.50. The minimum Gasteiger partial charge on any atom is -0.378 e. The highest BCUT2D eigenvalue weighted by Gasteiger charge is 2.19. The number of aromatic amines is 1. The van der Waals surface area contributed by atoms with Gasteiger partial charge in [-0.1, -0.05) is 24.3 Å². The molecule has 1 fully saturated rings. The third kappa shape index (κ3) is 3.25. The maximum atomic E-state index is 5.50. The standard InChI is InChI=1S/C24H23N7O/c1-16-19-13-17(7-8-20(19)29-28-16)23-24(26-18-5-3-2-4-6-18)31-15-22(25-14-21(31)27-23)30-9-11-32-12-10-30/h2-8,13-15,26H,9-12H2,1H3,(H,28,29). The molecule has 160 valence electrons. The van der Waals surface area contributed by atoms with Gasteiger partial charge in [-0.15, -0.1) is 0 Å². The fraction of sp³-hybridized carbons (Fsp3) is 0.208. The van der Waals surface area contributed by atoms with E-state index in [0.29, 0.717) is 13.2 Å². The molecule has 1 aliphatic rings. The molecule has 2 N–H and O–H groups in total. The van der Waals surface area contributed by atoms with Crippen molar-refractivity contribution in [3.63, 3.8) is 0 Å². The summed E-state index contributed by atoms with van der Waals surface area (Å²) >= 11 is 0. The topological polar surface area (TPSA) is 83.4 Å². The smallest absolute Gasteiger partial charge is 0.157 e. The number of hydrogen-bond donors (Lipinski definition) is 2. The van der Waals surface area contributed by atoms with E-state index in [9.17, 15) is 0 Å². The summed E-state index contributed by atoms with van der Waals surface area (Å²) in [4.78, 5) is 11.9. The highest BCUT2D eigenvalue weighted by Crippen LogP contribution is 2.33. The lowest BCUT2D eigenvalue weighted by Gasteiger charge is -2.27. The molecule has 0 radical (unpaired) electrons. The summed E-state index contributed by atoms with van der Waals surface area (Å²) in [6, 6.07) is 16.4. The Balaban J connectivity index is 1.52. The molecule has 1 saturated heterocycles. The van der Waals surface area contributed by atoms with Crippen LogP contribution in [0.2, 0.25) is 0 Å². The van der Waals surface area contributed by atoms with Gasteiger partial charge < -0.3 is 15.0 Å². The van der Waals surface area contributed by atoms with Crippen LogP contribution >= 0.6 is 0 Å². The number of ether oxygens (including phenoxy) is 1. The minimum atomic E-state index is 0.716. The number of nitrogens with zero attached hydrogens (tertiary/aromatic N) is 5. The Morgan fingerprint density at radius 2 is 1.91 bits per heavy atom. The number of hydrogen-bond acceptors (Lipinski definition) is 6. The first-order valence-electron chi connectivity index (χ1n) is 10.7. The number of fused-ring (bicyclic) bond motifs is 2. The number of H-pyrrole nitrogens is 1. The van der Waals surface area contributed by atoms with Gasteiger partial charge in [0, 0.05) is 35.4 Å². The molecule has 0 aliphatic carbocycles. The SMILES string of the molecule is Cc1[nH]nc2ccc(-c3nc4cnc(N5CCOCC5)cn4c3Nc3ccccc3)cc12. The van der Waals surface area contributed by atoms with Gasteiger partial charge in [0.15, 0.2) is 5.65 Å². The fourth-order valence-corrected chi connectivity index (χ4v) is 4.16. The summed E-state index contributed by atoms with van der Waals surface area (Å²) in [5.41, 5.74) is 5.68. The van der Waals surface area contributed by atoms with Crippen LogP contribution in [-0.2, 0) is 4.74 Å². The molecule has 0 bridgehead atoms. The van der Waals surface area contributed by atoms with Gasteiger partial charge in [0.2, 0.25) is 0 Å². The predicted octanol–water partition coefficient (Wildman–Crippen LogP) is 4.16. The molecule has 0 unspecified atom stereocenters. The molecule has 3 aromatic heterocycles. The zero-order chi connectivity index (χ0) is 21.5. The second-order valence-corrected chi connectivity index (χ2v) is 7.95. The fourth-order valence-electron chi connectivity index (χ4n) is 4.16. The van der Waals surface area contributed by atoms with E-state index in [0.717, 1.165) is 63.9 Å². The highest BCUT2D eigenvalue weighted by molar-refractivity contribution is 5.89. The molecule has 0 spiro atoms. The summed E-state index contributed by atoms with van der Waals surface area (Å²) < 4.78 is 7.59. The van der Waals surface area contributed by atoms with E-state index in [-0.39, 0.29) is 0 Å². The number of rotatable bonds is 4. The van der Waals surface area contributed by atoms with Crippen molar-refractivity contribution in [1.29, 1.82) is 0 Å². The van der Waals surface area contributed by atoms with Crippen LogP contribution in [0.1, 0.15) is 5.69 Å². The second-order valence-electron chi connectivity index (χ2n) is 7.95. The van der Waals surface area contributed by atoms with E-state index >= 15 is 0 Å². The van der Waals surface area contributed by atoms with Gasteiger partial charge in [0.25, 0.3) is 0 Å². The van der Waals surface area contributed by atoms with Gasteiger partial charge in [-0.2, -0.15) is 5.10 Å². The van der Waals surface area contributed by atoms with E-state index in [2.05, 4.69) is 60.3 Å². The van der Waals surface area contributed by atoms with E-state index < -0.39 is 0 Å². The molecular weight excluding hydrogens is 402 g/mol. The molecule has 32 heavy (non-hydrogen) atoms. The van der Waals surface area contributed by atoms with Crippen LogP contribution in [0.5, 0.6) is 0 Å². The zero-order valence-electron chi connectivity index (χ0n) is 17.7. The number of para-hydroxylation sites is 1. The Morgan fingerprint density at radius 3 is 2.75 bits per heavy atom. The lowest BCUT2D eigenvalue weighted by atomic mass is 10.1. The van der Waals surface area contributed by atoms with Crippen LogP contribution in [0, 0.1) is 6.92 Å². The first-order chi connectivity index (χ1) is 15.8. The van der Waals surface area contributed by atoms with Crippen molar-refractivity contribution in [3.05, 3.63) is 66.6 Å². The number of aryl methyl sites for hydroxylation is 1. The van der Waals surface area contributed by atoms with Gasteiger partial charge in [-0.25, -0.2) is 9.97 Å². The molecular formula is C24H23N7O. The molecule has 6 rings (SSSR count). The quantitative estimate of drug-likeness (QED) is 0.450. The van der Waals surface area contributed by atoms with Gasteiger partial charge in [0.1, 0.15) is 17.3 Å². The molecule has 0 saturated carbocycles. The third-order valence-electron chi connectivity index (χ3n) is 5.88. The predicted molar refractivity (Wildman–Crippen MR) is 126 cm³/mol. The Kier molecular flexibility index (Phi) is 4.50. The zero-order valence-corrected chi connectivity index (χ0v) is 17.7. The van der Waals surface area contributed by atoms with Crippen LogP contribution < -0.4 is 10.2 Å². The van der Waals surface area contributed by atoms with E-state index in [1.807, 2.05) is 37.4 Å². The monoisotopic (exact) mass is 425 g/mol. The molecule has 2 aromatic carbocycles. The lowest BCUT2D eigenvalue weighted by molar-refractivity contribution is 0.122. The highest BCUT2D eigenvalue weighted by atomic mass is 16.5. The Bertz CT molecular complexity index is 1400.